The van der Waals surface area contributed by atoms with E-state index in [1.807, 2.05) is 43.3 Å². The Labute approximate surface area is 144 Å². The number of nitrogens with zero attached hydrogens (tertiary/aromatic N) is 2. The maximum atomic E-state index is 12.1. The second-order valence-corrected chi connectivity index (χ2v) is 6.66. The summed E-state index contributed by atoms with van der Waals surface area (Å²) in [7, 11) is 0. The number of carbonyl (C=O) groups excluding carboxylic acids is 1. The minimum atomic E-state index is -0.341. The highest BCUT2D eigenvalue weighted by atomic mass is 32.1. The van der Waals surface area contributed by atoms with Gasteiger partial charge in [-0.1, -0.05) is 31.2 Å². The van der Waals surface area contributed by atoms with Gasteiger partial charge in [-0.25, -0.2) is 5.43 Å². The van der Waals surface area contributed by atoms with E-state index >= 15 is 0 Å². The zero-order valence-corrected chi connectivity index (χ0v) is 14.4. The molecular weight excluding hydrogens is 320 g/mol. The van der Waals surface area contributed by atoms with Gasteiger partial charge in [0.2, 0.25) is 0 Å². The highest BCUT2D eigenvalue weighted by Gasteiger charge is 2.11. The van der Waals surface area contributed by atoms with Crippen LogP contribution in [-0.2, 0) is 6.42 Å². The van der Waals surface area contributed by atoms with Gasteiger partial charge in [-0.2, -0.15) is 10.2 Å². The summed E-state index contributed by atoms with van der Waals surface area (Å²) in [5.74, 6) is -0.341. The molecule has 0 atom stereocenters. The van der Waals surface area contributed by atoms with Gasteiger partial charge < -0.3 is 0 Å². The number of hydrogen-bond donors (Lipinski definition) is 2. The van der Waals surface area contributed by atoms with Crippen LogP contribution in [0.4, 0.5) is 0 Å². The van der Waals surface area contributed by atoms with E-state index in [9.17, 15) is 4.79 Å². The summed E-state index contributed by atoms with van der Waals surface area (Å²) in [5, 5.41) is 10.9. The van der Waals surface area contributed by atoms with Crippen LogP contribution in [0.1, 0.15) is 33.4 Å². The summed E-state index contributed by atoms with van der Waals surface area (Å²) in [6, 6.07) is 13.8. The van der Waals surface area contributed by atoms with E-state index < -0.39 is 0 Å². The van der Waals surface area contributed by atoms with Crippen molar-refractivity contribution in [3.63, 3.8) is 0 Å². The fourth-order valence-corrected chi connectivity index (χ4v) is 3.04. The van der Waals surface area contributed by atoms with Gasteiger partial charge in [-0.3, -0.25) is 9.89 Å². The SMILES string of the molecule is CCc1ccc(C=NNC(=O)c2cc(-c3ccc(C)s3)[nH]n2)cc1. The number of hydrogen-bond acceptors (Lipinski definition) is 4. The molecule has 1 aromatic carbocycles. The highest BCUT2D eigenvalue weighted by molar-refractivity contribution is 7.15. The number of carbonyl (C=O) groups is 1. The van der Waals surface area contributed by atoms with E-state index in [2.05, 4.69) is 27.6 Å². The fraction of sp³-hybridized carbons (Fsp3) is 0.167. The first-order valence-electron chi connectivity index (χ1n) is 7.70. The number of amides is 1. The number of aromatic amines is 1. The number of hydrazone groups is 1. The summed E-state index contributed by atoms with van der Waals surface area (Å²) in [6.45, 7) is 4.15. The molecule has 2 heterocycles. The number of nitrogens with one attached hydrogen (secondary N) is 2. The van der Waals surface area contributed by atoms with Crippen LogP contribution >= 0.6 is 11.3 Å². The van der Waals surface area contributed by atoms with Crippen LogP contribution < -0.4 is 5.43 Å². The molecule has 3 rings (SSSR count). The molecule has 1 amide bonds. The lowest BCUT2D eigenvalue weighted by molar-refractivity contribution is 0.0950. The van der Waals surface area contributed by atoms with E-state index in [4.69, 9.17) is 0 Å². The van der Waals surface area contributed by atoms with Gasteiger partial charge in [0.15, 0.2) is 5.69 Å². The highest BCUT2D eigenvalue weighted by Crippen LogP contribution is 2.26. The smallest absolute Gasteiger partial charge is 0.276 e. The van der Waals surface area contributed by atoms with Gasteiger partial charge in [-0.05, 0) is 42.7 Å². The molecule has 0 aliphatic rings. The molecule has 122 valence electrons. The average Bonchev–Trinajstić information content (AvgIpc) is 3.24. The van der Waals surface area contributed by atoms with Crippen molar-refractivity contribution in [3.8, 4) is 10.6 Å². The molecule has 3 aromatic rings. The normalized spacial score (nSPS) is 11.1. The van der Waals surface area contributed by atoms with Crippen molar-refractivity contribution in [3.05, 3.63) is 64.2 Å². The van der Waals surface area contributed by atoms with Crippen LogP contribution in [0.5, 0.6) is 0 Å². The van der Waals surface area contributed by atoms with Crippen molar-refractivity contribution >= 4 is 23.5 Å². The molecule has 0 bridgehead atoms. The maximum absolute atomic E-state index is 12.1. The first-order chi connectivity index (χ1) is 11.7. The quantitative estimate of drug-likeness (QED) is 0.549. The number of H-pyrrole nitrogens is 1. The molecule has 6 heteroatoms. The van der Waals surface area contributed by atoms with Crippen molar-refractivity contribution < 1.29 is 4.79 Å². The molecule has 24 heavy (non-hydrogen) atoms. The lowest BCUT2D eigenvalue weighted by atomic mass is 10.1. The molecule has 2 aromatic heterocycles. The predicted molar refractivity (Wildman–Crippen MR) is 97.5 cm³/mol. The minimum absolute atomic E-state index is 0.314. The van der Waals surface area contributed by atoms with Crippen molar-refractivity contribution in [1.82, 2.24) is 15.6 Å². The lowest BCUT2D eigenvalue weighted by Crippen LogP contribution is -2.17. The summed E-state index contributed by atoms with van der Waals surface area (Å²) < 4.78 is 0. The Bertz CT molecular complexity index is 861. The molecule has 0 saturated heterocycles. The van der Waals surface area contributed by atoms with Crippen LogP contribution in [0.3, 0.4) is 0 Å². The summed E-state index contributed by atoms with van der Waals surface area (Å²) in [4.78, 5) is 14.3. The molecule has 0 aliphatic carbocycles. The van der Waals surface area contributed by atoms with Crippen molar-refractivity contribution in [2.45, 2.75) is 20.3 Å². The van der Waals surface area contributed by atoms with E-state index in [0.717, 1.165) is 22.6 Å². The van der Waals surface area contributed by atoms with E-state index in [1.165, 1.54) is 10.4 Å². The molecular formula is C18H18N4OS. The van der Waals surface area contributed by atoms with Gasteiger partial charge in [0, 0.05) is 4.88 Å². The first kappa shape index (κ1) is 16.1. The van der Waals surface area contributed by atoms with E-state index in [1.54, 1.807) is 23.6 Å². The van der Waals surface area contributed by atoms with Gasteiger partial charge in [0.05, 0.1) is 16.8 Å². The van der Waals surface area contributed by atoms with Crippen molar-refractivity contribution in [2.24, 2.45) is 5.10 Å². The Morgan fingerprint density at radius 3 is 2.75 bits per heavy atom. The third kappa shape index (κ3) is 3.78. The van der Waals surface area contributed by atoms with E-state index in [0.29, 0.717) is 5.69 Å². The molecule has 0 fully saturated rings. The predicted octanol–water partition coefficient (Wildman–Crippen LogP) is 3.77. The standard InChI is InChI=1S/C18H18N4OS/c1-3-13-5-7-14(8-6-13)11-19-22-18(23)16-10-15(20-21-16)17-9-4-12(2)24-17/h4-11H,3H2,1-2H3,(H,20,21)(H,22,23). The van der Waals surface area contributed by atoms with Crippen LogP contribution in [0.2, 0.25) is 0 Å². The summed E-state index contributed by atoms with van der Waals surface area (Å²) in [5.41, 5.74) is 5.84. The Kier molecular flexibility index (Phi) is 4.86. The van der Waals surface area contributed by atoms with Crippen LogP contribution in [0.15, 0.2) is 47.6 Å². The van der Waals surface area contributed by atoms with Crippen LogP contribution in [0, 0.1) is 6.92 Å². The van der Waals surface area contributed by atoms with Gasteiger partial charge in [0.25, 0.3) is 5.91 Å². The second kappa shape index (κ2) is 7.23. The second-order valence-electron chi connectivity index (χ2n) is 5.37. The molecule has 0 aliphatic heterocycles. The van der Waals surface area contributed by atoms with Gasteiger partial charge in [0.1, 0.15) is 0 Å². The third-order valence-electron chi connectivity index (χ3n) is 3.58. The number of thiophene rings is 1. The third-order valence-corrected chi connectivity index (χ3v) is 4.62. The Morgan fingerprint density at radius 1 is 1.29 bits per heavy atom. The number of aromatic nitrogens is 2. The fourth-order valence-electron chi connectivity index (χ4n) is 2.21. The molecule has 0 saturated carbocycles. The Balaban J connectivity index is 1.62. The van der Waals surface area contributed by atoms with Gasteiger partial charge >= 0.3 is 0 Å². The number of rotatable bonds is 5. The zero-order chi connectivity index (χ0) is 16.9. The molecule has 0 radical (unpaired) electrons. The zero-order valence-electron chi connectivity index (χ0n) is 13.5. The lowest BCUT2D eigenvalue weighted by Gasteiger charge is -1.97. The Morgan fingerprint density at radius 2 is 2.08 bits per heavy atom. The molecule has 2 N–H and O–H groups in total. The average molecular weight is 338 g/mol. The molecule has 5 nitrogen and oxygen atoms in total. The van der Waals surface area contributed by atoms with Gasteiger partial charge in [-0.15, -0.1) is 11.3 Å². The van der Waals surface area contributed by atoms with E-state index in [-0.39, 0.29) is 5.91 Å². The monoisotopic (exact) mass is 338 g/mol. The summed E-state index contributed by atoms with van der Waals surface area (Å²) in [6.07, 6.45) is 2.62. The summed E-state index contributed by atoms with van der Waals surface area (Å²) >= 11 is 1.65. The maximum Gasteiger partial charge on any atom is 0.291 e. The largest absolute Gasteiger partial charge is 0.291 e. The number of aryl methyl sites for hydroxylation is 2. The van der Waals surface area contributed by atoms with Crippen LogP contribution in [0.25, 0.3) is 10.6 Å². The van der Waals surface area contributed by atoms with Crippen LogP contribution in [-0.4, -0.2) is 22.3 Å². The topological polar surface area (TPSA) is 70.1 Å². The van der Waals surface area contributed by atoms with Crippen molar-refractivity contribution in [2.75, 3.05) is 0 Å². The first-order valence-corrected chi connectivity index (χ1v) is 8.52. The Hall–Kier alpha value is -2.73. The molecule has 0 unspecified atom stereocenters. The minimum Gasteiger partial charge on any atom is -0.276 e. The van der Waals surface area contributed by atoms with Crippen molar-refractivity contribution in [1.29, 1.82) is 0 Å². The number of benzene rings is 1. The molecule has 0 spiro atoms.